The summed E-state index contributed by atoms with van der Waals surface area (Å²) in [5.74, 6) is -0.114. The molecule has 0 N–H and O–H groups in total. The van der Waals surface area contributed by atoms with E-state index >= 15 is 0 Å². The predicted octanol–water partition coefficient (Wildman–Crippen LogP) is 2.79. The van der Waals surface area contributed by atoms with Crippen molar-refractivity contribution in [3.63, 3.8) is 0 Å². The minimum absolute atomic E-state index is 0.114. The van der Waals surface area contributed by atoms with Crippen LogP contribution in [0.5, 0.6) is 0 Å². The maximum Gasteiger partial charge on any atom is 0.253 e. The second kappa shape index (κ2) is 5.56. The highest BCUT2D eigenvalue weighted by Crippen LogP contribution is 2.09. The molecule has 16 heavy (non-hydrogen) atoms. The minimum Gasteiger partial charge on any atom is -0.299 e. The first-order valence-corrected chi connectivity index (χ1v) is 5.55. The zero-order valence-corrected chi connectivity index (χ0v) is 10.4. The lowest BCUT2D eigenvalue weighted by molar-refractivity contribution is -0.123. The van der Waals surface area contributed by atoms with Crippen molar-refractivity contribution in [2.24, 2.45) is 0 Å². The highest BCUT2D eigenvalue weighted by molar-refractivity contribution is 7.80. The average molecular weight is 233 g/mol. The number of carbonyl (C=O) groups excluding carboxylic acids is 1. The maximum absolute atomic E-state index is 11.8. The lowest BCUT2D eigenvalue weighted by atomic mass is 10.2. The van der Waals surface area contributed by atoms with Crippen molar-refractivity contribution < 1.29 is 4.79 Å². The van der Waals surface area contributed by atoms with Crippen molar-refractivity contribution in [3.05, 3.63) is 48.0 Å². The third-order valence-corrected chi connectivity index (χ3v) is 2.65. The van der Waals surface area contributed by atoms with Gasteiger partial charge >= 0.3 is 0 Å². The Morgan fingerprint density at radius 2 is 1.94 bits per heavy atom. The summed E-state index contributed by atoms with van der Waals surface area (Å²) in [4.78, 5) is 13.9. The number of carbonyl (C=O) groups is 1. The molecule has 0 spiro atoms. The molecule has 2 nitrogen and oxygen atoms in total. The van der Waals surface area contributed by atoms with E-state index in [0.717, 1.165) is 5.56 Å². The molecule has 0 heterocycles. The molecule has 0 aliphatic heterocycles. The summed E-state index contributed by atoms with van der Waals surface area (Å²) in [6.45, 7) is 7.80. The molecular weight excluding hydrogens is 218 g/mol. The van der Waals surface area contributed by atoms with Crippen LogP contribution in [-0.4, -0.2) is 22.3 Å². The van der Waals surface area contributed by atoms with Gasteiger partial charge in [0.2, 0.25) is 0 Å². The molecule has 0 saturated carbocycles. The second-order valence-corrected chi connectivity index (χ2v) is 3.89. The van der Waals surface area contributed by atoms with Gasteiger partial charge in [0.15, 0.2) is 0 Å². The van der Waals surface area contributed by atoms with Crippen LogP contribution in [0.3, 0.4) is 0 Å². The Hall–Kier alpha value is -1.48. The minimum atomic E-state index is -0.114. The van der Waals surface area contributed by atoms with Crippen molar-refractivity contribution in [3.8, 4) is 0 Å². The summed E-state index contributed by atoms with van der Waals surface area (Å²) in [5.41, 5.74) is 1.38. The van der Waals surface area contributed by atoms with Gasteiger partial charge in [-0.05, 0) is 13.8 Å². The van der Waals surface area contributed by atoms with E-state index in [1.807, 2.05) is 37.3 Å². The van der Waals surface area contributed by atoms with Crippen LogP contribution >= 0.6 is 12.2 Å². The highest BCUT2D eigenvalue weighted by atomic mass is 32.1. The van der Waals surface area contributed by atoms with Gasteiger partial charge in [0.05, 0.1) is 0 Å². The molecule has 3 heteroatoms. The van der Waals surface area contributed by atoms with Crippen LogP contribution in [0.4, 0.5) is 0 Å². The molecule has 0 aromatic heterocycles. The fourth-order valence-electron chi connectivity index (χ4n) is 1.35. The molecule has 0 aliphatic carbocycles. The molecule has 84 valence electrons. The summed E-state index contributed by atoms with van der Waals surface area (Å²) in [6, 6.07) is 9.53. The number of hydrogen-bond donors (Lipinski definition) is 0. The zero-order valence-electron chi connectivity index (χ0n) is 9.56. The summed E-state index contributed by atoms with van der Waals surface area (Å²) in [6.07, 6.45) is 0. The number of rotatable bonds is 3. The summed E-state index contributed by atoms with van der Waals surface area (Å²) in [5, 5.41) is 0. The van der Waals surface area contributed by atoms with Crippen molar-refractivity contribution in [1.29, 1.82) is 0 Å². The van der Waals surface area contributed by atoms with Crippen LogP contribution in [0.1, 0.15) is 19.4 Å². The Kier molecular flexibility index (Phi) is 4.38. The van der Waals surface area contributed by atoms with E-state index in [4.69, 9.17) is 12.2 Å². The summed E-state index contributed by atoms with van der Waals surface area (Å²) < 4.78 is 0. The van der Waals surface area contributed by atoms with Gasteiger partial charge in [0, 0.05) is 17.7 Å². The Morgan fingerprint density at radius 3 is 2.38 bits per heavy atom. The summed E-state index contributed by atoms with van der Waals surface area (Å²) >= 11 is 5.30. The molecule has 0 radical (unpaired) electrons. The Bertz CT molecular complexity index is 411. The number of likely N-dealkylation sites (N-methyl/N-ethyl adjacent to an activating group) is 1. The summed E-state index contributed by atoms with van der Waals surface area (Å²) in [7, 11) is 0. The molecule has 1 rings (SSSR count). The Labute approximate surface area is 102 Å². The quantitative estimate of drug-likeness (QED) is 0.591. The van der Waals surface area contributed by atoms with E-state index in [0.29, 0.717) is 17.1 Å². The molecule has 0 atom stereocenters. The highest BCUT2D eigenvalue weighted by Gasteiger charge is 2.17. The maximum atomic E-state index is 11.8. The molecule has 0 saturated heterocycles. The van der Waals surface area contributed by atoms with E-state index in [2.05, 4.69) is 6.58 Å². The van der Waals surface area contributed by atoms with Crippen molar-refractivity contribution in [2.75, 3.05) is 6.54 Å². The third-order valence-electron chi connectivity index (χ3n) is 2.19. The fourth-order valence-corrected chi connectivity index (χ4v) is 1.69. The molecule has 1 amide bonds. The monoisotopic (exact) mass is 233 g/mol. The Balaban J connectivity index is 2.95. The van der Waals surface area contributed by atoms with E-state index in [9.17, 15) is 4.79 Å². The van der Waals surface area contributed by atoms with Gasteiger partial charge in [0.1, 0.15) is 4.99 Å². The standard InChI is InChI=1S/C13H15NOS/c1-4-14(12(15)10(2)3)13(16)11-8-6-5-7-9-11/h5-9H,2,4H2,1,3H3. The zero-order chi connectivity index (χ0) is 12.1. The molecule has 0 aliphatic rings. The normalized spacial score (nSPS) is 9.62. The van der Waals surface area contributed by atoms with Crippen LogP contribution in [-0.2, 0) is 4.79 Å². The first-order valence-electron chi connectivity index (χ1n) is 5.14. The number of hydrogen-bond acceptors (Lipinski definition) is 2. The van der Waals surface area contributed by atoms with Gasteiger partial charge in [-0.15, -0.1) is 0 Å². The largest absolute Gasteiger partial charge is 0.299 e. The van der Waals surface area contributed by atoms with E-state index < -0.39 is 0 Å². The molecule has 0 unspecified atom stereocenters. The molecular formula is C13H15NOS. The van der Waals surface area contributed by atoms with Crippen LogP contribution in [0.25, 0.3) is 0 Å². The van der Waals surface area contributed by atoms with Gasteiger partial charge in [-0.1, -0.05) is 49.1 Å². The topological polar surface area (TPSA) is 20.3 Å². The van der Waals surface area contributed by atoms with Crippen LogP contribution in [0.15, 0.2) is 42.5 Å². The van der Waals surface area contributed by atoms with E-state index in [-0.39, 0.29) is 5.91 Å². The average Bonchev–Trinajstić information content (AvgIpc) is 2.30. The molecule has 0 fully saturated rings. The van der Waals surface area contributed by atoms with Crippen molar-refractivity contribution >= 4 is 23.1 Å². The lowest BCUT2D eigenvalue weighted by Gasteiger charge is -2.21. The molecule has 1 aromatic rings. The third kappa shape index (κ3) is 2.76. The first-order chi connectivity index (χ1) is 7.57. The fraction of sp³-hybridized carbons (Fsp3) is 0.231. The van der Waals surface area contributed by atoms with Crippen molar-refractivity contribution in [2.45, 2.75) is 13.8 Å². The number of thiocarbonyl (C=S) groups is 1. The van der Waals surface area contributed by atoms with Gasteiger partial charge in [-0.2, -0.15) is 0 Å². The molecule has 1 aromatic carbocycles. The van der Waals surface area contributed by atoms with E-state index in [1.54, 1.807) is 11.8 Å². The number of nitrogens with zero attached hydrogens (tertiary/aromatic N) is 1. The van der Waals surface area contributed by atoms with Crippen molar-refractivity contribution in [1.82, 2.24) is 4.90 Å². The van der Waals surface area contributed by atoms with Crippen LogP contribution in [0.2, 0.25) is 0 Å². The number of amides is 1. The van der Waals surface area contributed by atoms with Gasteiger partial charge in [-0.3, -0.25) is 9.69 Å². The first kappa shape index (κ1) is 12.6. The molecule has 0 bridgehead atoms. The van der Waals surface area contributed by atoms with Gasteiger partial charge < -0.3 is 0 Å². The van der Waals surface area contributed by atoms with Gasteiger partial charge in [-0.25, -0.2) is 0 Å². The smallest absolute Gasteiger partial charge is 0.253 e. The van der Waals surface area contributed by atoms with Crippen LogP contribution in [0, 0.1) is 0 Å². The van der Waals surface area contributed by atoms with E-state index in [1.165, 1.54) is 0 Å². The number of benzene rings is 1. The van der Waals surface area contributed by atoms with Gasteiger partial charge in [0.25, 0.3) is 5.91 Å². The Morgan fingerprint density at radius 1 is 1.38 bits per heavy atom. The predicted molar refractivity (Wildman–Crippen MR) is 70.3 cm³/mol. The lowest BCUT2D eigenvalue weighted by Crippen LogP contribution is -2.36. The SMILES string of the molecule is C=C(C)C(=O)N(CC)C(=S)c1ccccc1. The van der Waals surface area contributed by atoms with Crippen LogP contribution < -0.4 is 0 Å². The second-order valence-electron chi connectivity index (χ2n) is 3.50.